The molecule has 1 N–H and O–H groups in total. The molecule has 1 heterocycles. The molecule has 90 valence electrons. The minimum absolute atomic E-state index is 0.0253. The molecule has 2 rings (SSSR count). The van der Waals surface area contributed by atoms with Crippen molar-refractivity contribution < 1.29 is 14.7 Å². The normalized spacial score (nSPS) is 31.0. The van der Waals surface area contributed by atoms with Crippen LogP contribution in [0.15, 0.2) is 0 Å². The minimum Gasteiger partial charge on any atom is -0.396 e. The summed E-state index contributed by atoms with van der Waals surface area (Å²) in [4.78, 5) is 25.4. The molecule has 1 aliphatic heterocycles. The third-order valence-corrected chi connectivity index (χ3v) is 3.80. The third-order valence-electron chi connectivity index (χ3n) is 3.80. The van der Waals surface area contributed by atoms with Crippen molar-refractivity contribution in [3.8, 4) is 0 Å². The molecule has 0 aromatic carbocycles. The topological polar surface area (TPSA) is 57.6 Å². The van der Waals surface area contributed by atoms with Gasteiger partial charge in [-0.15, -0.1) is 0 Å². The van der Waals surface area contributed by atoms with Crippen LogP contribution in [-0.4, -0.2) is 35.0 Å². The van der Waals surface area contributed by atoms with Gasteiger partial charge in [-0.1, -0.05) is 13.3 Å². The first-order valence-corrected chi connectivity index (χ1v) is 6.11. The third kappa shape index (κ3) is 1.86. The molecule has 4 heteroatoms. The minimum atomic E-state index is -0.0335. The molecule has 1 saturated carbocycles. The van der Waals surface area contributed by atoms with E-state index in [-0.39, 0.29) is 36.2 Å². The van der Waals surface area contributed by atoms with Crippen molar-refractivity contribution in [3.63, 3.8) is 0 Å². The van der Waals surface area contributed by atoms with Gasteiger partial charge in [-0.05, 0) is 25.2 Å². The molecule has 1 aliphatic carbocycles. The maximum Gasteiger partial charge on any atom is 0.233 e. The van der Waals surface area contributed by atoms with E-state index in [4.69, 9.17) is 5.11 Å². The Balaban J connectivity index is 2.00. The number of fused-ring (bicyclic) bond motifs is 1. The van der Waals surface area contributed by atoms with Crippen molar-refractivity contribution in [1.82, 2.24) is 4.90 Å². The summed E-state index contributed by atoms with van der Waals surface area (Å²) in [5.74, 6) is 0.175. The van der Waals surface area contributed by atoms with E-state index in [9.17, 15) is 9.59 Å². The molecule has 2 aliphatic rings. The highest BCUT2D eigenvalue weighted by Gasteiger charge is 2.49. The average molecular weight is 225 g/mol. The Hall–Kier alpha value is -0.900. The second-order valence-electron chi connectivity index (χ2n) is 5.05. The molecule has 0 aromatic heterocycles. The van der Waals surface area contributed by atoms with Crippen LogP contribution in [-0.2, 0) is 9.59 Å². The SMILES string of the molecule is CC(CCO)CN1C(=O)C2CCCC2C1=O. The van der Waals surface area contributed by atoms with Gasteiger partial charge < -0.3 is 5.11 Å². The average Bonchev–Trinajstić information content (AvgIpc) is 2.79. The number of nitrogens with zero attached hydrogens (tertiary/aromatic N) is 1. The molecule has 0 bridgehead atoms. The number of amides is 2. The van der Waals surface area contributed by atoms with Crippen molar-refractivity contribution in [3.05, 3.63) is 0 Å². The van der Waals surface area contributed by atoms with E-state index in [0.717, 1.165) is 19.3 Å². The zero-order valence-electron chi connectivity index (χ0n) is 9.69. The van der Waals surface area contributed by atoms with E-state index in [2.05, 4.69) is 0 Å². The summed E-state index contributed by atoms with van der Waals surface area (Å²) in [5, 5.41) is 8.82. The number of likely N-dealkylation sites (tertiary alicyclic amines) is 1. The first-order valence-electron chi connectivity index (χ1n) is 6.11. The first kappa shape index (κ1) is 11.6. The monoisotopic (exact) mass is 225 g/mol. The van der Waals surface area contributed by atoms with Crippen LogP contribution >= 0.6 is 0 Å². The van der Waals surface area contributed by atoms with Gasteiger partial charge in [-0.25, -0.2) is 0 Å². The van der Waals surface area contributed by atoms with Gasteiger partial charge in [-0.2, -0.15) is 0 Å². The summed E-state index contributed by atoms with van der Waals surface area (Å²) in [6, 6.07) is 0. The molecule has 3 unspecified atom stereocenters. The summed E-state index contributed by atoms with van der Waals surface area (Å²) in [6.07, 6.45) is 3.40. The smallest absolute Gasteiger partial charge is 0.233 e. The molecule has 2 amide bonds. The highest BCUT2D eigenvalue weighted by Crippen LogP contribution is 2.39. The standard InChI is InChI=1S/C12H19NO3/c1-8(5-6-14)7-13-11(15)9-3-2-4-10(9)12(13)16/h8-10,14H,2-7H2,1H3. The van der Waals surface area contributed by atoms with Crippen LogP contribution in [0.3, 0.4) is 0 Å². The van der Waals surface area contributed by atoms with Crippen LogP contribution < -0.4 is 0 Å². The Morgan fingerprint density at radius 1 is 1.31 bits per heavy atom. The van der Waals surface area contributed by atoms with Crippen LogP contribution in [0.5, 0.6) is 0 Å². The molecule has 1 saturated heterocycles. The zero-order valence-corrected chi connectivity index (χ0v) is 9.69. The molecule has 4 nitrogen and oxygen atoms in total. The summed E-state index contributed by atoms with van der Waals surface area (Å²) in [7, 11) is 0. The lowest BCUT2D eigenvalue weighted by Gasteiger charge is -2.19. The lowest BCUT2D eigenvalue weighted by Crippen LogP contribution is -2.35. The number of hydrogen-bond donors (Lipinski definition) is 1. The summed E-state index contributed by atoms with van der Waals surface area (Å²) in [6.45, 7) is 2.56. The highest BCUT2D eigenvalue weighted by molar-refractivity contribution is 6.05. The van der Waals surface area contributed by atoms with Crippen molar-refractivity contribution >= 4 is 11.8 Å². The summed E-state index contributed by atoms with van der Waals surface area (Å²) >= 11 is 0. The first-order chi connectivity index (χ1) is 7.65. The molecule has 0 spiro atoms. The van der Waals surface area contributed by atoms with Gasteiger partial charge in [0.2, 0.25) is 11.8 Å². The van der Waals surface area contributed by atoms with E-state index in [1.54, 1.807) is 0 Å². The molecular formula is C12H19NO3. The maximum absolute atomic E-state index is 12.0. The second kappa shape index (κ2) is 4.53. The summed E-state index contributed by atoms with van der Waals surface area (Å²) in [5.41, 5.74) is 0. The number of aliphatic hydroxyl groups excluding tert-OH is 1. The number of aliphatic hydroxyl groups is 1. The number of carbonyl (C=O) groups excluding carboxylic acids is 2. The summed E-state index contributed by atoms with van der Waals surface area (Å²) < 4.78 is 0. The number of carbonyl (C=O) groups is 2. The van der Waals surface area contributed by atoms with Gasteiger partial charge >= 0.3 is 0 Å². The van der Waals surface area contributed by atoms with Crippen molar-refractivity contribution in [2.24, 2.45) is 17.8 Å². The van der Waals surface area contributed by atoms with Gasteiger partial charge in [0, 0.05) is 13.2 Å². The Morgan fingerprint density at radius 2 is 1.88 bits per heavy atom. The fourth-order valence-corrected chi connectivity index (χ4v) is 2.86. The van der Waals surface area contributed by atoms with E-state index in [0.29, 0.717) is 13.0 Å². The molecule has 0 radical (unpaired) electrons. The van der Waals surface area contributed by atoms with E-state index < -0.39 is 0 Å². The van der Waals surface area contributed by atoms with Gasteiger partial charge in [0.15, 0.2) is 0 Å². The van der Waals surface area contributed by atoms with Gasteiger partial charge in [0.05, 0.1) is 11.8 Å². The van der Waals surface area contributed by atoms with Crippen LogP contribution in [0.2, 0.25) is 0 Å². The van der Waals surface area contributed by atoms with Crippen molar-refractivity contribution in [2.75, 3.05) is 13.2 Å². The molecule has 16 heavy (non-hydrogen) atoms. The van der Waals surface area contributed by atoms with E-state index >= 15 is 0 Å². The largest absolute Gasteiger partial charge is 0.396 e. The van der Waals surface area contributed by atoms with Crippen LogP contribution in [0.1, 0.15) is 32.6 Å². The molecule has 2 fully saturated rings. The Morgan fingerprint density at radius 3 is 2.38 bits per heavy atom. The predicted octanol–water partition coefficient (Wildman–Crippen LogP) is 0.790. The van der Waals surface area contributed by atoms with Crippen LogP contribution in [0, 0.1) is 17.8 Å². The highest BCUT2D eigenvalue weighted by atomic mass is 16.3. The van der Waals surface area contributed by atoms with E-state index in [1.807, 2.05) is 6.92 Å². The number of rotatable bonds is 4. The van der Waals surface area contributed by atoms with Crippen molar-refractivity contribution in [1.29, 1.82) is 0 Å². The molecule has 3 atom stereocenters. The lowest BCUT2D eigenvalue weighted by molar-refractivity contribution is -0.141. The van der Waals surface area contributed by atoms with E-state index in [1.165, 1.54) is 4.90 Å². The lowest BCUT2D eigenvalue weighted by atomic mass is 10.00. The number of hydrogen-bond acceptors (Lipinski definition) is 3. The number of imide groups is 1. The van der Waals surface area contributed by atoms with Crippen LogP contribution in [0.25, 0.3) is 0 Å². The predicted molar refractivity (Wildman–Crippen MR) is 58.4 cm³/mol. The molecule has 0 aromatic rings. The van der Waals surface area contributed by atoms with Gasteiger partial charge in [-0.3, -0.25) is 14.5 Å². The van der Waals surface area contributed by atoms with Crippen LogP contribution in [0.4, 0.5) is 0 Å². The van der Waals surface area contributed by atoms with Crippen molar-refractivity contribution in [2.45, 2.75) is 32.6 Å². The Bertz CT molecular complexity index is 281. The Kier molecular flexibility index (Phi) is 3.28. The quantitative estimate of drug-likeness (QED) is 0.720. The Labute approximate surface area is 95.6 Å². The molecular weight excluding hydrogens is 206 g/mol. The van der Waals surface area contributed by atoms with Gasteiger partial charge in [0.1, 0.15) is 0 Å². The maximum atomic E-state index is 12.0. The van der Waals surface area contributed by atoms with Gasteiger partial charge in [0.25, 0.3) is 0 Å². The fraction of sp³-hybridized carbons (Fsp3) is 0.833. The zero-order chi connectivity index (χ0) is 11.7. The fourth-order valence-electron chi connectivity index (χ4n) is 2.86. The second-order valence-corrected chi connectivity index (χ2v) is 5.05.